The lowest BCUT2D eigenvalue weighted by atomic mass is 9.99. The summed E-state index contributed by atoms with van der Waals surface area (Å²) in [6.45, 7) is 2.11. The molecule has 0 aliphatic carbocycles. The zero-order valence-corrected chi connectivity index (χ0v) is 18.1. The van der Waals surface area contributed by atoms with Crippen LogP contribution in [0.15, 0.2) is 48.7 Å². The summed E-state index contributed by atoms with van der Waals surface area (Å²) >= 11 is 0. The average Bonchev–Trinajstić information content (AvgIpc) is 2.76. The number of hydrogen-bond acceptors (Lipinski definition) is 5. The van der Waals surface area contributed by atoms with E-state index in [1.807, 2.05) is 18.3 Å². The van der Waals surface area contributed by atoms with Crippen LogP contribution in [0.5, 0.6) is 5.75 Å². The second-order valence-electron chi connectivity index (χ2n) is 7.48. The quantitative estimate of drug-likeness (QED) is 0.326. The molecule has 30 heavy (non-hydrogen) atoms. The number of nitrogens with two attached hydrogens (primary N) is 1. The average molecular weight is 417 g/mol. The zero-order chi connectivity index (χ0) is 21.1. The maximum Gasteiger partial charge on any atom is 0.155 e. The van der Waals surface area contributed by atoms with Crippen LogP contribution >= 0.6 is 8.46 Å². The molecule has 2 aromatic carbocycles. The molecule has 4 rings (SSSR count). The number of hydrogen-bond donors (Lipinski definition) is 1. The van der Waals surface area contributed by atoms with E-state index in [0.717, 1.165) is 52.4 Å². The number of ether oxygens (including phenoxy) is 1. The molecule has 0 aliphatic rings. The van der Waals surface area contributed by atoms with Gasteiger partial charge in [-0.1, -0.05) is 18.2 Å². The molecule has 0 saturated carbocycles. The number of aryl methyl sites for hydroxylation is 4. The summed E-state index contributed by atoms with van der Waals surface area (Å²) in [5, 5.41) is 2.06. The number of pyridine rings is 2. The third-order valence-corrected chi connectivity index (χ3v) is 5.91. The van der Waals surface area contributed by atoms with E-state index >= 15 is 0 Å². The molecule has 0 amide bonds. The van der Waals surface area contributed by atoms with E-state index in [0.29, 0.717) is 12.0 Å². The van der Waals surface area contributed by atoms with Gasteiger partial charge in [0.25, 0.3) is 0 Å². The zero-order valence-electron chi connectivity index (χ0n) is 17.2. The van der Waals surface area contributed by atoms with E-state index in [2.05, 4.69) is 47.2 Å². The van der Waals surface area contributed by atoms with Gasteiger partial charge in [-0.05, 0) is 72.7 Å². The molecule has 0 radical (unpaired) electrons. The van der Waals surface area contributed by atoms with Gasteiger partial charge in [0.15, 0.2) is 14.3 Å². The van der Waals surface area contributed by atoms with E-state index in [9.17, 15) is 4.57 Å². The van der Waals surface area contributed by atoms with Crippen LogP contribution in [-0.2, 0) is 23.8 Å². The van der Waals surface area contributed by atoms with Crippen LogP contribution in [0.25, 0.3) is 21.8 Å². The van der Waals surface area contributed by atoms with Gasteiger partial charge >= 0.3 is 0 Å². The molecule has 0 fully saturated rings. The highest BCUT2D eigenvalue weighted by Crippen LogP contribution is 2.28. The molecule has 2 N–H and O–H groups in total. The van der Waals surface area contributed by atoms with Crippen LogP contribution in [-0.4, -0.2) is 23.2 Å². The van der Waals surface area contributed by atoms with Crippen molar-refractivity contribution in [3.63, 3.8) is 0 Å². The van der Waals surface area contributed by atoms with Crippen molar-refractivity contribution < 1.29 is 9.30 Å². The van der Waals surface area contributed by atoms with E-state index in [1.165, 1.54) is 16.7 Å². The molecule has 0 unspecified atom stereocenters. The van der Waals surface area contributed by atoms with Crippen LogP contribution in [0.2, 0.25) is 0 Å². The Labute approximate surface area is 177 Å². The van der Waals surface area contributed by atoms with Crippen LogP contribution in [0, 0.1) is 6.92 Å². The summed E-state index contributed by atoms with van der Waals surface area (Å²) in [5.74, 6) is 1.32. The van der Waals surface area contributed by atoms with E-state index < -0.39 is 0 Å². The number of methoxy groups -OCH3 is 1. The van der Waals surface area contributed by atoms with Crippen molar-refractivity contribution >= 4 is 36.1 Å². The predicted octanol–water partition coefficient (Wildman–Crippen LogP) is 5.30. The van der Waals surface area contributed by atoms with Crippen LogP contribution < -0.4 is 10.5 Å². The molecule has 6 heteroatoms. The Kier molecular flexibility index (Phi) is 5.91. The highest BCUT2D eigenvalue weighted by atomic mass is 31.1. The minimum Gasteiger partial charge on any atom is -0.497 e. The van der Waals surface area contributed by atoms with Gasteiger partial charge in [-0.25, -0.2) is 4.98 Å². The maximum atomic E-state index is 10.8. The normalized spacial score (nSPS) is 11.4. The number of anilines is 1. The molecule has 0 bridgehead atoms. The molecular formula is C24H24N3O2P. The number of aromatic nitrogens is 2. The maximum absolute atomic E-state index is 10.8. The molecule has 152 valence electrons. The molecule has 0 atom stereocenters. The third-order valence-electron chi connectivity index (χ3n) is 5.50. The lowest BCUT2D eigenvalue weighted by Gasteiger charge is -2.11. The van der Waals surface area contributed by atoms with Gasteiger partial charge in [-0.15, -0.1) is 0 Å². The number of benzene rings is 2. The molecule has 5 nitrogen and oxygen atoms in total. The summed E-state index contributed by atoms with van der Waals surface area (Å²) in [7, 11) is 1.85. The standard InChI is InChI=1S/C24H24N3O2P/c1-15-11-19(29-2)7-6-18(15)5-3-17-12-21-20-8-4-16(9-10-30-28)13-22(20)27-24(25)23(21)26-14-17/h4,6-8,11-14H,3,5,9-10H2,1-2H3,(H2,25,27). The van der Waals surface area contributed by atoms with Crippen LogP contribution in [0.4, 0.5) is 5.82 Å². The number of fused-ring (bicyclic) bond motifs is 3. The fourth-order valence-corrected chi connectivity index (χ4v) is 4.17. The topological polar surface area (TPSA) is 78.1 Å². The second-order valence-corrected chi connectivity index (χ2v) is 8.19. The minimum atomic E-state index is 0.159. The molecule has 0 spiro atoms. The summed E-state index contributed by atoms with van der Waals surface area (Å²) in [4.78, 5) is 9.16. The first-order valence-electron chi connectivity index (χ1n) is 9.98. The van der Waals surface area contributed by atoms with Gasteiger partial charge in [0.1, 0.15) is 11.3 Å². The number of rotatable bonds is 7. The Morgan fingerprint density at radius 2 is 1.87 bits per heavy atom. The summed E-state index contributed by atoms with van der Waals surface area (Å²) < 4.78 is 16.1. The van der Waals surface area contributed by atoms with Crippen LogP contribution in [0.3, 0.4) is 0 Å². The minimum absolute atomic E-state index is 0.159. The van der Waals surface area contributed by atoms with Crippen molar-refractivity contribution in [3.8, 4) is 5.75 Å². The van der Waals surface area contributed by atoms with Gasteiger partial charge in [-0.2, -0.15) is 0 Å². The van der Waals surface area contributed by atoms with Crippen molar-refractivity contribution in [1.82, 2.24) is 9.97 Å². The summed E-state index contributed by atoms with van der Waals surface area (Å²) in [6.07, 6.45) is 5.07. The lowest BCUT2D eigenvalue weighted by molar-refractivity contribution is 0.414. The van der Waals surface area contributed by atoms with Gasteiger partial charge in [0, 0.05) is 23.1 Å². The van der Waals surface area contributed by atoms with Crippen molar-refractivity contribution in [1.29, 1.82) is 0 Å². The Bertz CT molecular complexity index is 1240. The molecule has 0 aliphatic heterocycles. The SMILES string of the molecule is COc1ccc(CCc2cnc3c(N)nc4cc(CCP=O)ccc4c3c2)c(C)c1. The first-order valence-corrected chi connectivity index (χ1v) is 11.0. The third kappa shape index (κ3) is 4.12. The van der Waals surface area contributed by atoms with E-state index in [-0.39, 0.29) is 8.46 Å². The first kappa shape index (κ1) is 20.2. The Hall–Kier alpha value is -3.04. The lowest BCUT2D eigenvalue weighted by Crippen LogP contribution is -1.99. The van der Waals surface area contributed by atoms with Crippen molar-refractivity contribution in [2.75, 3.05) is 19.0 Å². The smallest absolute Gasteiger partial charge is 0.155 e. The van der Waals surface area contributed by atoms with Crippen molar-refractivity contribution in [2.45, 2.75) is 26.2 Å². The molecule has 2 aromatic heterocycles. The Morgan fingerprint density at radius 3 is 2.63 bits per heavy atom. The van der Waals surface area contributed by atoms with Gasteiger partial charge in [-0.3, -0.25) is 9.55 Å². The second kappa shape index (κ2) is 8.76. The summed E-state index contributed by atoms with van der Waals surface area (Å²) in [6, 6.07) is 14.5. The monoisotopic (exact) mass is 417 g/mol. The molecule has 2 heterocycles. The number of nitrogens with zero attached hydrogens (tertiary/aromatic N) is 2. The largest absolute Gasteiger partial charge is 0.497 e. The van der Waals surface area contributed by atoms with E-state index in [4.69, 9.17) is 10.5 Å². The first-order chi connectivity index (χ1) is 14.6. The highest BCUT2D eigenvalue weighted by molar-refractivity contribution is 7.23. The fraction of sp³-hybridized carbons (Fsp3) is 0.250. The van der Waals surface area contributed by atoms with E-state index in [1.54, 1.807) is 7.11 Å². The predicted molar refractivity (Wildman–Crippen MR) is 123 cm³/mol. The number of nitrogen functional groups attached to an aromatic ring is 1. The Morgan fingerprint density at radius 1 is 1.00 bits per heavy atom. The van der Waals surface area contributed by atoms with Crippen molar-refractivity contribution in [2.24, 2.45) is 0 Å². The van der Waals surface area contributed by atoms with Gasteiger partial charge in [0.2, 0.25) is 0 Å². The highest BCUT2D eigenvalue weighted by Gasteiger charge is 2.10. The molecular weight excluding hydrogens is 393 g/mol. The van der Waals surface area contributed by atoms with Crippen LogP contribution in [0.1, 0.15) is 22.3 Å². The molecule has 0 saturated heterocycles. The Balaban J connectivity index is 1.66. The molecule has 4 aromatic rings. The summed E-state index contributed by atoms with van der Waals surface area (Å²) in [5.41, 5.74) is 12.6. The van der Waals surface area contributed by atoms with Crippen molar-refractivity contribution in [3.05, 3.63) is 70.9 Å². The fourth-order valence-electron chi connectivity index (χ4n) is 3.82. The van der Waals surface area contributed by atoms with Gasteiger partial charge < -0.3 is 10.5 Å². The van der Waals surface area contributed by atoms with Gasteiger partial charge in [0.05, 0.1) is 12.6 Å².